The number of hydrogen-bond donors (Lipinski definition) is 0. The van der Waals surface area contributed by atoms with E-state index in [2.05, 4.69) is 15.9 Å². The smallest absolute Gasteiger partial charge is 0.181 e. The van der Waals surface area contributed by atoms with Crippen molar-refractivity contribution in [1.82, 2.24) is 0 Å². The minimum absolute atomic E-state index is 0.0918. The number of nitriles is 1. The molecule has 0 saturated carbocycles. The number of nitrogens with zero attached hydrogens (tertiary/aromatic N) is 1. The standard InChI is InChI=1S/C15H11BrFNO/c1-9-3-5-12(7-10(9)2)19-13-6-4-11(8-18)14(16)15(13)17/h3-7H,1-2H3. The van der Waals surface area contributed by atoms with E-state index in [4.69, 9.17) is 10.00 Å². The number of rotatable bonds is 2. The minimum Gasteiger partial charge on any atom is -0.454 e. The Kier molecular flexibility index (Phi) is 3.87. The molecule has 2 aromatic carbocycles. The summed E-state index contributed by atoms with van der Waals surface area (Å²) >= 11 is 3.05. The fourth-order valence-corrected chi connectivity index (χ4v) is 2.02. The Morgan fingerprint density at radius 2 is 1.89 bits per heavy atom. The van der Waals surface area contributed by atoms with E-state index in [1.54, 1.807) is 6.07 Å². The van der Waals surface area contributed by atoms with Gasteiger partial charge in [0, 0.05) is 0 Å². The Morgan fingerprint density at radius 1 is 1.16 bits per heavy atom. The van der Waals surface area contributed by atoms with Gasteiger partial charge in [-0.25, -0.2) is 4.39 Å². The first-order valence-corrected chi connectivity index (χ1v) is 6.45. The summed E-state index contributed by atoms with van der Waals surface area (Å²) in [5.74, 6) is 0.0880. The lowest BCUT2D eigenvalue weighted by Crippen LogP contribution is -1.92. The SMILES string of the molecule is Cc1ccc(Oc2ccc(C#N)c(Br)c2F)cc1C. The van der Waals surface area contributed by atoms with Gasteiger partial charge in [-0.15, -0.1) is 0 Å². The van der Waals surface area contributed by atoms with Gasteiger partial charge >= 0.3 is 0 Å². The number of hydrogen-bond acceptors (Lipinski definition) is 2. The first-order valence-electron chi connectivity index (χ1n) is 5.66. The summed E-state index contributed by atoms with van der Waals surface area (Å²) in [6.07, 6.45) is 0. The Morgan fingerprint density at radius 3 is 2.53 bits per heavy atom. The highest BCUT2D eigenvalue weighted by Gasteiger charge is 2.13. The van der Waals surface area contributed by atoms with E-state index in [9.17, 15) is 4.39 Å². The lowest BCUT2D eigenvalue weighted by atomic mass is 10.1. The van der Waals surface area contributed by atoms with Crippen LogP contribution in [0, 0.1) is 31.0 Å². The highest BCUT2D eigenvalue weighted by molar-refractivity contribution is 9.10. The van der Waals surface area contributed by atoms with E-state index >= 15 is 0 Å². The molecule has 2 rings (SSSR count). The van der Waals surface area contributed by atoms with Crippen LogP contribution in [0.15, 0.2) is 34.8 Å². The van der Waals surface area contributed by atoms with Gasteiger partial charge in [0.1, 0.15) is 11.8 Å². The summed E-state index contributed by atoms with van der Waals surface area (Å²) in [5.41, 5.74) is 2.46. The summed E-state index contributed by atoms with van der Waals surface area (Å²) in [6.45, 7) is 3.96. The molecule has 0 radical (unpaired) electrons. The molecule has 0 amide bonds. The van der Waals surface area contributed by atoms with Gasteiger partial charge < -0.3 is 4.74 Å². The van der Waals surface area contributed by atoms with Crippen LogP contribution in [0.4, 0.5) is 4.39 Å². The third-order valence-corrected chi connectivity index (χ3v) is 3.65. The van der Waals surface area contributed by atoms with Crippen molar-refractivity contribution in [2.24, 2.45) is 0 Å². The fraction of sp³-hybridized carbons (Fsp3) is 0.133. The molecule has 19 heavy (non-hydrogen) atoms. The second kappa shape index (κ2) is 5.41. The van der Waals surface area contributed by atoms with Crippen LogP contribution >= 0.6 is 15.9 Å². The molecule has 0 aromatic heterocycles. The average molecular weight is 320 g/mol. The molecule has 4 heteroatoms. The second-order valence-electron chi connectivity index (χ2n) is 4.20. The van der Waals surface area contributed by atoms with Crippen molar-refractivity contribution in [3.05, 3.63) is 57.3 Å². The van der Waals surface area contributed by atoms with Gasteiger partial charge in [-0.05, 0) is 65.2 Å². The van der Waals surface area contributed by atoms with Crippen LogP contribution in [0.1, 0.15) is 16.7 Å². The molecule has 96 valence electrons. The molecule has 0 aliphatic heterocycles. The Balaban J connectivity index is 2.36. The number of aryl methyl sites for hydroxylation is 2. The van der Waals surface area contributed by atoms with Crippen LogP contribution in [0.5, 0.6) is 11.5 Å². The third-order valence-electron chi connectivity index (χ3n) is 2.87. The molecular formula is C15H11BrFNO. The largest absolute Gasteiger partial charge is 0.454 e. The van der Waals surface area contributed by atoms with E-state index in [1.807, 2.05) is 32.0 Å². The molecule has 0 saturated heterocycles. The fourth-order valence-electron chi connectivity index (χ4n) is 1.60. The predicted molar refractivity (Wildman–Crippen MR) is 74.8 cm³/mol. The first kappa shape index (κ1) is 13.6. The van der Waals surface area contributed by atoms with Crippen LogP contribution in [-0.4, -0.2) is 0 Å². The van der Waals surface area contributed by atoms with Crippen LogP contribution in [0.25, 0.3) is 0 Å². The van der Waals surface area contributed by atoms with E-state index in [1.165, 1.54) is 12.1 Å². The zero-order valence-electron chi connectivity index (χ0n) is 10.5. The number of ether oxygens (including phenoxy) is 1. The Bertz CT molecular complexity index is 677. The van der Waals surface area contributed by atoms with Gasteiger partial charge in [0.05, 0.1) is 10.0 Å². The molecule has 0 bridgehead atoms. The monoisotopic (exact) mass is 319 g/mol. The molecule has 0 aliphatic rings. The molecule has 0 aliphatic carbocycles. The average Bonchev–Trinajstić information content (AvgIpc) is 2.40. The van der Waals surface area contributed by atoms with Gasteiger partial charge in [0.25, 0.3) is 0 Å². The van der Waals surface area contributed by atoms with Crippen molar-refractivity contribution in [3.8, 4) is 17.6 Å². The molecule has 2 nitrogen and oxygen atoms in total. The molecule has 2 aromatic rings. The lowest BCUT2D eigenvalue weighted by Gasteiger charge is -2.10. The van der Waals surface area contributed by atoms with Crippen molar-refractivity contribution >= 4 is 15.9 Å². The molecule has 0 unspecified atom stereocenters. The maximum atomic E-state index is 14.0. The van der Waals surface area contributed by atoms with E-state index in [0.29, 0.717) is 5.75 Å². The highest BCUT2D eigenvalue weighted by atomic mass is 79.9. The lowest BCUT2D eigenvalue weighted by molar-refractivity contribution is 0.440. The van der Waals surface area contributed by atoms with Crippen LogP contribution in [0.3, 0.4) is 0 Å². The minimum atomic E-state index is -0.572. The van der Waals surface area contributed by atoms with Crippen LogP contribution in [0.2, 0.25) is 0 Å². The quantitative estimate of drug-likeness (QED) is 0.791. The van der Waals surface area contributed by atoms with Gasteiger partial charge in [0.2, 0.25) is 0 Å². The highest BCUT2D eigenvalue weighted by Crippen LogP contribution is 2.32. The van der Waals surface area contributed by atoms with Crippen molar-refractivity contribution < 1.29 is 9.13 Å². The van der Waals surface area contributed by atoms with Crippen molar-refractivity contribution in [1.29, 1.82) is 5.26 Å². The molecule has 0 heterocycles. The summed E-state index contributed by atoms with van der Waals surface area (Å²) < 4.78 is 19.6. The summed E-state index contributed by atoms with van der Waals surface area (Å²) in [4.78, 5) is 0. The van der Waals surface area contributed by atoms with E-state index in [0.717, 1.165) is 11.1 Å². The molecule has 0 fully saturated rings. The zero-order chi connectivity index (χ0) is 14.0. The summed E-state index contributed by atoms with van der Waals surface area (Å²) in [7, 11) is 0. The Hall–Kier alpha value is -1.86. The van der Waals surface area contributed by atoms with Crippen molar-refractivity contribution in [2.75, 3.05) is 0 Å². The van der Waals surface area contributed by atoms with Gasteiger partial charge in [-0.1, -0.05) is 6.07 Å². The van der Waals surface area contributed by atoms with E-state index in [-0.39, 0.29) is 15.8 Å². The third kappa shape index (κ3) is 2.77. The molecule has 0 atom stereocenters. The van der Waals surface area contributed by atoms with Crippen LogP contribution in [-0.2, 0) is 0 Å². The second-order valence-corrected chi connectivity index (χ2v) is 4.99. The number of halogens is 2. The maximum absolute atomic E-state index is 14.0. The summed E-state index contributed by atoms with van der Waals surface area (Å²) in [5, 5.41) is 8.80. The summed E-state index contributed by atoms with van der Waals surface area (Å²) in [6, 6.07) is 10.4. The predicted octanol–water partition coefficient (Wildman–Crippen LogP) is 4.87. The zero-order valence-corrected chi connectivity index (χ0v) is 12.1. The van der Waals surface area contributed by atoms with Crippen molar-refractivity contribution in [3.63, 3.8) is 0 Å². The Labute approximate surface area is 119 Å². The molecular weight excluding hydrogens is 309 g/mol. The van der Waals surface area contributed by atoms with Crippen LogP contribution < -0.4 is 4.74 Å². The first-order chi connectivity index (χ1) is 9.02. The molecule has 0 N–H and O–H groups in total. The molecule has 0 spiro atoms. The van der Waals surface area contributed by atoms with Gasteiger partial charge in [-0.3, -0.25) is 0 Å². The van der Waals surface area contributed by atoms with Gasteiger partial charge in [-0.2, -0.15) is 5.26 Å². The van der Waals surface area contributed by atoms with Crippen molar-refractivity contribution in [2.45, 2.75) is 13.8 Å². The van der Waals surface area contributed by atoms with E-state index < -0.39 is 5.82 Å². The number of benzene rings is 2. The maximum Gasteiger partial charge on any atom is 0.181 e. The topological polar surface area (TPSA) is 33.0 Å². The normalized spacial score (nSPS) is 10.1. The van der Waals surface area contributed by atoms with Gasteiger partial charge in [0.15, 0.2) is 11.6 Å².